The third-order valence-corrected chi connectivity index (χ3v) is 2.60. The van der Waals surface area contributed by atoms with Gasteiger partial charge in [-0.2, -0.15) is 0 Å². The van der Waals surface area contributed by atoms with Crippen LogP contribution in [0.3, 0.4) is 0 Å². The van der Waals surface area contributed by atoms with Crippen molar-refractivity contribution in [2.45, 2.75) is 71.8 Å². The Morgan fingerprint density at radius 2 is 1.64 bits per heavy atom. The summed E-state index contributed by atoms with van der Waals surface area (Å²) in [7, 11) is 0. The van der Waals surface area contributed by atoms with Gasteiger partial charge in [-0.1, -0.05) is 32.6 Å². The maximum absolute atomic E-state index is 11.5. The van der Waals surface area contributed by atoms with Gasteiger partial charge in [0.05, 0.1) is 0 Å². The molecule has 0 radical (unpaired) electrons. The zero-order chi connectivity index (χ0) is 17.0. The van der Waals surface area contributed by atoms with Crippen LogP contribution in [0.25, 0.3) is 0 Å². The number of hydrogen-bond donors (Lipinski definition) is 0. The normalized spacial score (nSPS) is 10.4. The second kappa shape index (κ2) is 10.8. The number of Topliss-reactive ketones (excluding diaryl/α,β-unsaturated/α-hetero) is 1. The standard InChI is InChI=1S/C17H26O5/c1-5-6-7-8-9-11-14(18)16(20)21-13-10-12-15(19)22-17(2,3)4/h5-9,11,13H2,1-4H3. The molecule has 0 bridgehead atoms. The Kier molecular flexibility index (Phi) is 9.93. The van der Waals surface area contributed by atoms with Crippen molar-refractivity contribution in [2.75, 3.05) is 6.61 Å². The Balaban J connectivity index is 3.89. The van der Waals surface area contributed by atoms with E-state index in [2.05, 4.69) is 18.8 Å². The van der Waals surface area contributed by atoms with Crippen molar-refractivity contribution >= 4 is 17.7 Å². The topological polar surface area (TPSA) is 69.7 Å². The average molecular weight is 310 g/mol. The summed E-state index contributed by atoms with van der Waals surface area (Å²) < 4.78 is 9.65. The fraction of sp³-hybridized carbons (Fsp3) is 0.706. The summed E-state index contributed by atoms with van der Waals surface area (Å²) in [6.07, 6.45) is 5.16. The van der Waals surface area contributed by atoms with E-state index in [0.29, 0.717) is 6.42 Å². The Labute approximate surface area is 132 Å². The molecule has 22 heavy (non-hydrogen) atoms. The molecule has 0 rings (SSSR count). The second-order valence-electron chi connectivity index (χ2n) is 5.97. The third-order valence-electron chi connectivity index (χ3n) is 2.60. The van der Waals surface area contributed by atoms with Gasteiger partial charge in [0.25, 0.3) is 0 Å². The van der Waals surface area contributed by atoms with Gasteiger partial charge in [0, 0.05) is 12.3 Å². The molecule has 124 valence electrons. The Bertz CT molecular complexity index is 434. The third kappa shape index (κ3) is 12.0. The quantitative estimate of drug-likeness (QED) is 0.227. The van der Waals surface area contributed by atoms with Crippen LogP contribution in [0.15, 0.2) is 0 Å². The summed E-state index contributed by atoms with van der Waals surface area (Å²) in [4.78, 5) is 34.1. The van der Waals surface area contributed by atoms with Crippen LogP contribution >= 0.6 is 0 Å². The molecule has 0 aliphatic rings. The van der Waals surface area contributed by atoms with E-state index in [4.69, 9.17) is 9.47 Å². The van der Waals surface area contributed by atoms with E-state index in [1.54, 1.807) is 20.8 Å². The van der Waals surface area contributed by atoms with Crippen LogP contribution in [-0.4, -0.2) is 29.9 Å². The first kappa shape index (κ1) is 20.2. The van der Waals surface area contributed by atoms with Gasteiger partial charge in [0.2, 0.25) is 5.78 Å². The molecule has 0 aliphatic heterocycles. The number of hydrogen-bond acceptors (Lipinski definition) is 5. The summed E-state index contributed by atoms with van der Waals surface area (Å²) >= 11 is 0. The van der Waals surface area contributed by atoms with Crippen molar-refractivity contribution in [3.63, 3.8) is 0 Å². The fourth-order valence-corrected chi connectivity index (χ4v) is 1.59. The maximum atomic E-state index is 11.5. The van der Waals surface area contributed by atoms with Crippen molar-refractivity contribution in [1.29, 1.82) is 0 Å². The minimum atomic E-state index is -0.894. The molecule has 0 heterocycles. The van der Waals surface area contributed by atoms with E-state index in [0.717, 1.165) is 25.7 Å². The lowest BCUT2D eigenvalue weighted by Crippen LogP contribution is -2.23. The molecular formula is C17H26O5. The largest absolute Gasteiger partial charge is 0.450 e. The summed E-state index contributed by atoms with van der Waals surface area (Å²) in [5, 5.41) is 0. The first-order valence-corrected chi connectivity index (χ1v) is 7.68. The van der Waals surface area contributed by atoms with Crippen LogP contribution in [0.5, 0.6) is 0 Å². The molecule has 0 aliphatic carbocycles. The van der Waals surface area contributed by atoms with E-state index >= 15 is 0 Å². The van der Waals surface area contributed by atoms with Crippen LogP contribution in [0.2, 0.25) is 0 Å². The van der Waals surface area contributed by atoms with Gasteiger partial charge in [-0.25, -0.2) is 9.59 Å². The zero-order valence-electron chi connectivity index (χ0n) is 14.0. The number of ether oxygens (including phenoxy) is 2. The van der Waals surface area contributed by atoms with Crippen LogP contribution in [0.4, 0.5) is 0 Å². The molecule has 0 amide bonds. The van der Waals surface area contributed by atoms with Crippen molar-refractivity contribution in [3.05, 3.63) is 0 Å². The summed E-state index contributed by atoms with van der Waals surface area (Å²) in [5.74, 6) is 2.43. The Morgan fingerprint density at radius 3 is 2.23 bits per heavy atom. The summed E-state index contributed by atoms with van der Waals surface area (Å²) in [6, 6.07) is 0. The first-order valence-electron chi connectivity index (χ1n) is 7.68. The number of rotatable bonds is 8. The molecule has 0 N–H and O–H groups in total. The number of carbonyl (C=O) groups is 3. The molecule has 5 heteroatoms. The lowest BCUT2D eigenvalue weighted by Gasteiger charge is -2.16. The lowest BCUT2D eigenvalue weighted by molar-refractivity contribution is -0.152. The molecule has 0 aromatic heterocycles. The highest BCUT2D eigenvalue weighted by Gasteiger charge is 2.15. The van der Waals surface area contributed by atoms with Crippen molar-refractivity contribution in [2.24, 2.45) is 0 Å². The van der Waals surface area contributed by atoms with Crippen molar-refractivity contribution in [1.82, 2.24) is 0 Å². The average Bonchev–Trinajstić information content (AvgIpc) is 2.41. The fourth-order valence-electron chi connectivity index (χ4n) is 1.59. The van der Waals surface area contributed by atoms with Crippen LogP contribution in [0, 0.1) is 11.8 Å². The minimum Gasteiger partial charge on any atom is -0.450 e. The summed E-state index contributed by atoms with van der Waals surface area (Å²) in [6.45, 7) is 7.00. The smallest absolute Gasteiger partial charge is 0.384 e. The van der Waals surface area contributed by atoms with E-state index in [1.165, 1.54) is 0 Å². The highest BCUT2D eigenvalue weighted by molar-refractivity contribution is 6.33. The number of unbranched alkanes of at least 4 members (excludes halogenated alkanes) is 4. The molecule has 0 unspecified atom stereocenters. The second-order valence-corrected chi connectivity index (χ2v) is 5.97. The lowest BCUT2D eigenvalue weighted by atomic mass is 10.1. The molecule has 0 aromatic rings. The van der Waals surface area contributed by atoms with Gasteiger partial charge in [-0.15, -0.1) is 0 Å². The maximum Gasteiger partial charge on any atom is 0.384 e. The number of carbonyl (C=O) groups excluding carboxylic acids is 3. The van der Waals surface area contributed by atoms with Crippen molar-refractivity contribution < 1.29 is 23.9 Å². The Hall–Kier alpha value is -1.83. The highest BCUT2D eigenvalue weighted by atomic mass is 16.6. The van der Waals surface area contributed by atoms with E-state index < -0.39 is 23.3 Å². The molecule has 5 nitrogen and oxygen atoms in total. The molecule has 0 atom stereocenters. The van der Waals surface area contributed by atoms with Gasteiger partial charge in [0.1, 0.15) is 5.60 Å². The molecule has 0 aromatic carbocycles. The predicted octanol–water partition coefficient (Wildman–Crippen LogP) is 2.80. The molecule has 0 spiro atoms. The van der Waals surface area contributed by atoms with Crippen molar-refractivity contribution in [3.8, 4) is 11.8 Å². The van der Waals surface area contributed by atoms with Crippen LogP contribution in [0.1, 0.15) is 66.2 Å². The Morgan fingerprint density at radius 1 is 1.00 bits per heavy atom. The summed E-state index contributed by atoms with van der Waals surface area (Å²) in [5.41, 5.74) is -0.615. The van der Waals surface area contributed by atoms with E-state index in [1.807, 2.05) is 0 Å². The first-order chi connectivity index (χ1) is 10.3. The van der Waals surface area contributed by atoms with E-state index in [9.17, 15) is 14.4 Å². The van der Waals surface area contributed by atoms with Crippen LogP contribution in [-0.2, 0) is 23.9 Å². The molecule has 0 fully saturated rings. The zero-order valence-corrected chi connectivity index (χ0v) is 14.0. The monoisotopic (exact) mass is 310 g/mol. The van der Waals surface area contributed by atoms with Gasteiger partial charge < -0.3 is 9.47 Å². The molecule has 0 saturated carbocycles. The van der Waals surface area contributed by atoms with E-state index in [-0.39, 0.29) is 13.0 Å². The van der Waals surface area contributed by atoms with Crippen LogP contribution < -0.4 is 0 Å². The molecular weight excluding hydrogens is 284 g/mol. The highest BCUT2D eigenvalue weighted by Crippen LogP contribution is 2.06. The van der Waals surface area contributed by atoms with Gasteiger partial charge in [-0.05, 0) is 33.1 Å². The van der Waals surface area contributed by atoms with Gasteiger partial charge in [-0.3, -0.25) is 4.79 Å². The van der Waals surface area contributed by atoms with Gasteiger partial charge in [0.15, 0.2) is 6.61 Å². The number of esters is 2. The minimum absolute atomic E-state index is 0.196. The molecule has 0 saturated heterocycles. The SMILES string of the molecule is CCCCCCCC(=O)C(=O)OCC#CC(=O)OC(C)(C)C. The number of ketones is 1. The predicted molar refractivity (Wildman–Crippen MR) is 83.0 cm³/mol. The van der Waals surface area contributed by atoms with Gasteiger partial charge >= 0.3 is 11.9 Å².